The summed E-state index contributed by atoms with van der Waals surface area (Å²) < 4.78 is 0. The van der Waals surface area contributed by atoms with Gasteiger partial charge in [0.25, 0.3) is 0 Å². The zero-order valence-corrected chi connectivity index (χ0v) is 15.5. The Bertz CT molecular complexity index is 615. The maximum Gasteiger partial charge on any atom is 0.303 e. The number of carboxylic acids is 1. The summed E-state index contributed by atoms with van der Waals surface area (Å²) in [5.41, 5.74) is 1.62. The van der Waals surface area contributed by atoms with Gasteiger partial charge in [-0.2, -0.15) is 0 Å². The van der Waals surface area contributed by atoms with Crippen LogP contribution >= 0.6 is 0 Å². The second kappa shape index (κ2) is 8.56. The van der Waals surface area contributed by atoms with Crippen LogP contribution in [0.4, 0.5) is 11.4 Å². The predicted molar refractivity (Wildman–Crippen MR) is 104 cm³/mol. The van der Waals surface area contributed by atoms with Crippen LogP contribution in [-0.4, -0.2) is 30.1 Å². The highest BCUT2D eigenvalue weighted by Gasteiger charge is 2.36. The summed E-state index contributed by atoms with van der Waals surface area (Å²) in [6.07, 6.45) is 9.02. The summed E-state index contributed by atoms with van der Waals surface area (Å²) >= 11 is 0. The minimum absolute atomic E-state index is 0.0705. The molecule has 0 unspecified atom stereocenters. The van der Waals surface area contributed by atoms with Gasteiger partial charge in [0.2, 0.25) is 5.91 Å². The van der Waals surface area contributed by atoms with E-state index in [9.17, 15) is 14.7 Å². The molecule has 1 aromatic carbocycles. The van der Waals surface area contributed by atoms with Gasteiger partial charge < -0.3 is 15.3 Å². The summed E-state index contributed by atoms with van der Waals surface area (Å²) in [6.45, 7) is 2.20. The van der Waals surface area contributed by atoms with E-state index >= 15 is 0 Å². The van der Waals surface area contributed by atoms with Crippen molar-refractivity contribution in [1.29, 1.82) is 0 Å². The molecule has 1 amide bonds. The molecule has 3 rings (SSSR count). The van der Waals surface area contributed by atoms with Gasteiger partial charge in [0.15, 0.2) is 0 Å². The molecule has 0 atom stereocenters. The molecule has 1 saturated carbocycles. The van der Waals surface area contributed by atoms with Crippen molar-refractivity contribution < 1.29 is 14.7 Å². The van der Waals surface area contributed by atoms with Crippen LogP contribution in [0.5, 0.6) is 0 Å². The van der Waals surface area contributed by atoms with Crippen LogP contribution in [0.2, 0.25) is 0 Å². The van der Waals surface area contributed by atoms with Crippen molar-refractivity contribution in [1.82, 2.24) is 0 Å². The summed E-state index contributed by atoms with van der Waals surface area (Å²) in [6, 6.07) is 8.03. The Morgan fingerprint density at radius 2 is 1.54 bits per heavy atom. The lowest BCUT2D eigenvalue weighted by molar-refractivity contribution is -0.140. The molecule has 0 aromatic heterocycles. The van der Waals surface area contributed by atoms with Gasteiger partial charge in [-0.05, 0) is 61.8 Å². The zero-order valence-electron chi connectivity index (χ0n) is 15.5. The molecule has 26 heavy (non-hydrogen) atoms. The molecule has 1 aromatic rings. The lowest BCUT2D eigenvalue weighted by Crippen LogP contribution is -2.32. The molecule has 2 N–H and O–H groups in total. The molecule has 0 spiro atoms. The number of nitrogens with one attached hydrogen (secondary N) is 1. The summed E-state index contributed by atoms with van der Waals surface area (Å²) in [5, 5.41) is 12.2. The molecule has 1 aliphatic heterocycles. The number of benzene rings is 1. The number of carbonyl (C=O) groups is 2. The van der Waals surface area contributed by atoms with E-state index < -0.39 is 5.97 Å². The van der Waals surface area contributed by atoms with Gasteiger partial charge in [-0.25, -0.2) is 0 Å². The third-order valence-corrected chi connectivity index (χ3v) is 5.85. The number of amides is 1. The van der Waals surface area contributed by atoms with Crippen LogP contribution < -0.4 is 10.2 Å². The maximum absolute atomic E-state index is 12.5. The normalized spacial score (nSPS) is 19.8. The van der Waals surface area contributed by atoms with E-state index in [1.807, 2.05) is 12.1 Å². The Morgan fingerprint density at radius 3 is 2.15 bits per heavy atom. The minimum Gasteiger partial charge on any atom is -0.481 e. The van der Waals surface area contributed by atoms with Crippen LogP contribution in [0.15, 0.2) is 24.3 Å². The van der Waals surface area contributed by atoms with Gasteiger partial charge in [-0.15, -0.1) is 0 Å². The summed E-state index contributed by atoms with van der Waals surface area (Å²) in [7, 11) is 0. The van der Waals surface area contributed by atoms with Crippen molar-refractivity contribution >= 4 is 23.3 Å². The minimum atomic E-state index is -0.800. The van der Waals surface area contributed by atoms with E-state index in [4.69, 9.17) is 0 Å². The highest BCUT2D eigenvalue weighted by Crippen LogP contribution is 2.42. The van der Waals surface area contributed by atoms with E-state index in [0.717, 1.165) is 50.9 Å². The topological polar surface area (TPSA) is 69.6 Å². The second-order valence-corrected chi connectivity index (χ2v) is 7.95. The van der Waals surface area contributed by atoms with Crippen LogP contribution in [-0.2, 0) is 9.59 Å². The number of carboxylic acid groups (broad SMARTS) is 1. The first-order chi connectivity index (χ1) is 12.6. The molecule has 5 nitrogen and oxygen atoms in total. The Balaban J connectivity index is 1.58. The first kappa shape index (κ1) is 18.7. The molecule has 2 fully saturated rings. The standard InChI is InChI=1S/C21H30N2O3/c24-19(15-21(16-20(25)26)11-3-1-4-12-21)22-17-7-9-18(10-8-17)23-13-5-2-6-14-23/h7-10H,1-6,11-16H2,(H,22,24)(H,25,26). The third-order valence-electron chi connectivity index (χ3n) is 5.85. The van der Waals surface area contributed by atoms with Gasteiger partial charge in [0.05, 0.1) is 6.42 Å². The van der Waals surface area contributed by atoms with Crippen LogP contribution in [0.1, 0.15) is 64.2 Å². The summed E-state index contributed by atoms with van der Waals surface area (Å²) in [5.74, 6) is -0.871. The zero-order chi connectivity index (χ0) is 18.4. The van der Waals surface area contributed by atoms with Crippen molar-refractivity contribution in [3.8, 4) is 0 Å². The Morgan fingerprint density at radius 1 is 0.923 bits per heavy atom. The molecular formula is C21H30N2O3. The number of hydrogen-bond acceptors (Lipinski definition) is 3. The fraction of sp³-hybridized carbons (Fsp3) is 0.619. The lowest BCUT2D eigenvalue weighted by Gasteiger charge is -2.35. The molecular weight excluding hydrogens is 328 g/mol. The number of hydrogen-bond donors (Lipinski definition) is 2. The summed E-state index contributed by atoms with van der Waals surface area (Å²) in [4.78, 5) is 26.2. The molecule has 2 aliphatic rings. The fourth-order valence-corrected chi connectivity index (χ4v) is 4.49. The highest BCUT2D eigenvalue weighted by molar-refractivity contribution is 5.91. The predicted octanol–water partition coefficient (Wildman–Crippen LogP) is 4.43. The van der Waals surface area contributed by atoms with Crippen LogP contribution in [0, 0.1) is 5.41 Å². The second-order valence-electron chi connectivity index (χ2n) is 7.95. The maximum atomic E-state index is 12.5. The number of rotatable bonds is 6. The number of carbonyl (C=O) groups excluding carboxylic acids is 1. The third kappa shape index (κ3) is 4.99. The molecule has 1 heterocycles. The largest absolute Gasteiger partial charge is 0.481 e. The van der Waals surface area contributed by atoms with Gasteiger partial charge in [0.1, 0.15) is 0 Å². The first-order valence-corrected chi connectivity index (χ1v) is 9.93. The average molecular weight is 358 g/mol. The highest BCUT2D eigenvalue weighted by atomic mass is 16.4. The van der Waals surface area contributed by atoms with Crippen molar-refractivity contribution in [3.63, 3.8) is 0 Å². The van der Waals surface area contributed by atoms with E-state index in [2.05, 4.69) is 22.3 Å². The molecule has 0 bridgehead atoms. The van der Waals surface area contributed by atoms with Gasteiger partial charge in [-0.3, -0.25) is 9.59 Å². The van der Waals surface area contributed by atoms with Crippen LogP contribution in [0.3, 0.4) is 0 Å². The average Bonchev–Trinajstić information content (AvgIpc) is 2.63. The smallest absolute Gasteiger partial charge is 0.303 e. The number of piperidine rings is 1. The van der Waals surface area contributed by atoms with E-state index in [1.54, 1.807) is 0 Å². The van der Waals surface area contributed by atoms with Gasteiger partial charge >= 0.3 is 5.97 Å². The van der Waals surface area contributed by atoms with E-state index in [0.29, 0.717) is 6.42 Å². The number of anilines is 2. The number of aliphatic carboxylic acids is 1. The van der Waals surface area contributed by atoms with E-state index in [-0.39, 0.29) is 17.7 Å². The molecule has 5 heteroatoms. The fourth-order valence-electron chi connectivity index (χ4n) is 4.49. The molecule has 1 saturated heterocycles. The van der Waals surface area contributed by atoms with Gasteiger partial charge in [0, 0.05) is 30.9 Å². The SMILES string of the molecule is O=C(O)CC1(CC(=O)Nc2ccc(N3CCCCC3)cc2)CCCCC1. The Kier molecular flexibility index (Phi) is 6.17. The monoisotopic (exact) mass is 358 g/mol. The van der Waals surface area contributed by atoms with Crippen molar-refractivity contribution in [3.05, 3.63) is 24.3 Å². The quantitative estimate of drug-likeness (QED) is 0.789. The van der Waals surface area contributed by atoms with Crippen molar-refractivity contribution in [2.45, 2.75) is 64.2 Å². The number of nitrogens with zero attached hydrogens (tertiary/aromatic N) is 1. The first-order valence-electron chi connectivity index (χ1n) is 9.93. The Labute approximate surface area is 155 Å². The van der Waals surface area contributed by atoms with Gasteiger partial charge in [-0.1, -0.05) is 19.3 Å². The van der Waals surface area contributed by atoms with E-state index in [1.165, 1.54) is 24.9 Å². The molecule has 0 radical (unpaired) electrons. The lowest BCUT2D eigenvalue weighted by atomic mass is 9.69. The van der Waals surface area contributed by atoms with Crippen molar-refractivity contribution in [2.24, 2.45) is 5.41 Å². The van der Waals surface area contributed by atoms with Crippen LogP contribution in [0.25, 0.3) is 0 Å². The molecule has 1 aliphatic carbocycles. The van der Waals surface area contributed by atoms with Crippen molar-refractivity contribution in [2.75, 3.05) is 23.3 Å². The Hall–Kier alpha value is -2.04. The molecule has 142 valence electrons.